The fourth-order valence-electron chi connectivity index (χ4n) is 2.65. The van der Waals surface area contributed by atoms with Crippen molar-refractivity contribution in [3.63, 3.8) is 0 Å². The smallest absolute Gasteiger partial charge is 0.344 e. The number of nitrogens with zero attached hydrogens (tertiary/aromatic N) is 1. The number of carbonyl (C=O) groups is 4. The van der Waals surface area contributed by atoms with Gasteiger partial charge in [-0.2, -0.15) is 0 Å². The molecule has 0 unspecified atom stereocenters. The van der Waals surface area contributed by atoms with E-state index in [9.17, 15) is 23.6 Å². The minimum Gasteiger partial charge on any atom is -0.482 e. The summed E-state index contributed by atoms with van der Waals surface area (Å²) in [6.45, 7) is 1.69. The molecule has 3 rings (SSSR count). The summed E-state index contributed by atoms with van der Waals surface area (Å²) in [7, 11) is 0. The number of barbiturate groups is 1. The molecule has 0 spiro atoms. The molecule has 4 amide bonds. The molecule has 0 aliphatic carbocycles. The molecule has 0 bridgehead atoms. The van der Waals surface area contributed by atoms with Gasteiger partial charge in [-0.05, 0) is 55.0 Å². The Morgan fingerprint density at radius 2 is 1.73 bits per heavy atom. The van der Waals surface area contributed by atoms with Crippen molar-refractivity contribution >= 4 is 35.6 Å². The number of amides is 4. The third-order valence-corrected chi connectivity index (χ3v) is 4.04. The number of halogens is 1. The molecule has 9 heteroatoms. The van der Waals surface area contributed by atoms with E-state index in [4.69, 9.17) is 9.47 Å². The number of esters is 1. The lowest BCUT2D eigenvalue weighted by molar-refractivity contribution is -0.145. The summed E-state index contributed by atoms with van der Waals surface area (Å²) < 4.78 is 23.2. The maximum atomic E-state index is 13.1. The van der Waals surface area contributed by atoms with E-state index in [0.29, 0.717) is 11.3 Å². The van der Waals surface area contributed by atoms with E-state index in [2.05, 4.69) is 5.32 Å². The van der Waals surface area contributed by atoms with E-state index in [1.807, 2.05) is 0 Å². The molecule has 154 valence electrons. The number of nitrogens with one attached hydrogen (secondary N) is 1. The zero-order chi connectivity index (χ0) is 21.7. The summed E-state index contributed by atoms with van der Waals surface area (Å²) in [4.78, 5) is 49.1. The zero-order valence-electron chi connectivity index (χ0n) is 15.9. The van der Waals surface area contributed by atoms with Gasteiger partial charge in [0.15, 0.2) is 6.61 Å². The number of imide groups is 2. The van der Waals surface area contributed by atoms with Gasteiger partial charge >= 0.3 is 12.0 Å². The lowest BCUT2D eigenvalue weighted by Crippen LogP contribution is -2.54. The van der Waals surface area contributed by atoms with Gasteiger partial charge in [-0.15, -0.1) is 0 Å². The Morgan fingerprint density at radius 3 is 2.37 bits per heavy atom. The highest BCUT2D eigenvalue weighted by atomic mass is 19.1. The molecule has 0 radical (unpaired) electrons. The monoisotopic (exact) mass is 412 g/mol. The Kier molecular flexibility index (Phi) is 6.21. The number of urea groups is 1. The molecule has 30 heavy (non-hydrogen) atoms. The van der Waals surface area contributed by atoms with Crippen molar-refractivity contribution in [2.24, 2.45) is 0 Å². The minimum atomic E-state index is -0.920. The normalized spacial score (nSPS) is 15.2. The molecule has 1 aliphatic rings. The Labute approximate surface area is 170 Å². The number of benzene rings is 2. The second kappa shape index (κ2) is 8.99. The van der Waals surface area contributed by atoms with Crippen LogP contribution in [0.3, 0.4) is 0 Å². The first kappa shape index (κ1) is 20.7. The fourth-order valence-corrected chi connectivity index (χ4v) is 2.65. The highest BCUT2D eigenvalue weighted by molar-refractivity contribution is 6.39. The molecule has 1 saturated heterocycles. The van der Waals surface area contributed by atoms with E-state index < -0.39 is 29.6 Å². The Bertz CT molecular complexity index is 1010. The molecule has 8 nitrogen and oxygen atoms in total. The fraction of sp³-hybridized carbons (Fsp3) is 0.143. The highest BCUT2D eigenvalue weighted by Crippen LogP contribution is 2.23. The van der Waals surface area contributed by atoms with Gasteiger partial charge in [0.1, 0.15) is 17.1 Å². The maximum absolute atomic E-state index is 13.1. The van der Waals surface area contributed by atoms with Crippen LogP contribution in [0, 0.1) is 5.82 Å². The molecule has 1 N–H and O–H groups in total. The van der Waals surface area contributed by atoms with E-state index in [-0.39, 0.29) is 24.5 Å². The van der Waals surface area contributed by atoms with Crippen LogP contribution in [0.5, 0.6) is 5.75 Å². The Hall–Kier alpha value is -4.01. The largest absolute Gasteiger partial charge is 0.482 e. The van der Waals surface area contributed by atoms with Crippen LogP contribution in [0.15, 0.2) is 54.1 Å². The average Bonchev–Trinajstić information content (AvgIpc) is 2.72. The van der Waals surface area contributed by atoms with Crippen molar-refractivity contribution in [1.82, 2.24) is 5.32 Å². The van der Waals surface area contributed by atoms with Gasteiger partial charge in [0.05, 0.1) is 12.3 Å². The van der Waals surface area contributed by atoms with Crippen LogP contribution in [0.2, 0.25) is 0 Å². The first-order chi connectivity index (χ1) is 14.4. The number of hydrogen-bond acceptors (Lipinski definition) is 6. The molecular weight excluding hydrogens is 395 g/mol. The van der Waals surface area contributed by atoms with Crippen molar-refractivity contribution in [2.45, 2.75) is 6.92 Å². The second-order valence-corrected chi connectivity index (χ2v) is 6.10. The number of carbonyl (C=O) groups excluding carboxylic acids is 4. The molecule has 1 fully saturated rings. The predicted molar refractivity (Wildman–Crippen MR) is 104 cm³/mol. The molecule has 0 atom stereocenters. The van der Waals surface area contributed by atoms with Crippen LogP contribution in [-0.4, -0.2) is 37.0 Å². The lowest BCUT2D eigenvalue weighted by Gasteiger charge is -2.26. The first-order valence-corrected chi connectivity index (χ1v) is 8.94. The van der Waals surface area contributed by atoms with Crippen LogP contribution in [0.1, 0.15) is 12.5 Å². The van der Waals surface area contributed by atoms with Crippen LogP contribution < -0.4 is 15.0 Å². The molecular formula is C21H17FN2O6. The topological polar surface area (TPSA) is 102 Å². The van der Waals surface area contributed by atoms with E-state index in [1.165, 1.54) is 18.2 Å². The molecule has 2 aromatic rings. The predicted octanol–water partition coefficient (Wildman–Crippen LogP) is 2.43. The van der Waals surface area contributed by atoms with Gasteiger partial charge in [0.2, 0.25) is 0 Å². The van der Waals surface area contributed by atoms with Crippen LogP contribution in [0.25, 0.3) is 6.08 Å². The molecule has 1 heterocycles. The number of ether oxygens (including phenoxy) is 2. The highest BCUT2D eigenvalue weighted by Gasteiger charge is 2.36. The second-order valence-electron chi connectivity index (χ2n) is 6.10. The van der Waals surface area contributed by atoms with Gasteiger partial charge < -0.3 is 9.47 Å². The van der Waals surface area contributed by atoms with E-state index >= 15 is 0 Å². The molecule has 0 aromatic heterocycles. The number of rotatable bonds is 6. The molecule has 0 saturated carbocycles. The van der Waals surface area contributed by atoms with Crippen LogP contribution >= 0.6 is 0 Å². The van der Waals surface area contributed by atoms with Gasteiger partial charge in [-0.3, -0.25) is 14.9 Å². The lowest BCUT2D eigenvalue weighted by atomic mass is 10.1. The van der Waals surface area contributed by atoms with Gasteiger partial charge in [-0.25, -0.2) is 18.9 Å². The maximum Gasteiger partial charge on any atom is 0.344 e. The average molecular weight is 412 g/mol. The van der Waals surface area contributed by atoms with Crippen molar-refractivity contribution < 1.29 is 33.0 Å². The third kappa shape index (κ3) is 4.69. The van der Waals surface area contributed by atoms with Crippen LogP contribution in [-0.2, 0) is 19.1 Å². The Balaban J connectivity index is 1.78. The summed E-state index contributed by atoms with van der Waals surface area (Å²) in [6, 6.07) is 10.1. The molecule has 1 aliphatic heterocycles. The quantitative estimate of drug-likeness (QED) is 0.444. The Morgan fingerprint density at radius 1 is 1.07 bits per heavy atom. The van der Waals surface area contributed by atoms with Crippen molar-refractivity contribution in [3.8, 4) is 5.75 Å². The van der Waals surface area contributed by atoms with Gasteiger partial charge in [0, 0.05) is 0 Å². The van der Waals surface area contributed by atoms with Crippen LogP contribution in [0.4, 0.5) is 14.9 Å². The van der Waals surface area contributed by atoms with Gasteiger partial charge in [-0.1, -0.05) is 12.1 Å². The molecule has 2 aromatic carbocycles. The zero-order valence-corrected chi connectivity index (χ0v) is 15.9. The number of hydrogen-bond donors (Lipinski definition) is 1. The van der Waals surface area contributed by atoms with E-state index in [1.54, 1.807) is 31.2 Å². The summed E-state index contributed by atoms with van der Waals surface area (Å²) in [6.07, 6.45) is 1.32. The van der Waals surface area contributed by atoms with Crippen molar-refractivity contribution in [1.29, 1.82) is 0 Å². The third-order valence-electron chi connectivity index (χ3n) is 4.04. The van der Waals surface area contributed by atoms with Crippen molar-refractivity contribution in [2.75, 3.05) is 18.1 Å². The summed E-state index contributed by atoms with van der Waals surface area (Å²) in [5, 5.41) is 2.09. The minimum absolute atomic E-state index is 0.125. The first-order valence-electron chi connectivity index (χ1n) is 8.94. The summed E-state index contributed by atoms with van der Waals surface area (Å²) in [5.41, 5.74) is 0.351. The standard InChI is InChI=1S/C21H17FN2O6/c1-2-29-18(25)12-30-16-9-3-13(4-10-16)11-17-19(26)23-21(28)24(20(17)27)15-7-5-14(22)6-8-15/h3-11H,2,12H2,1H3,(H,23,26,28)/b17-11+. The number of anilines is 1. The van der Waals surface area contributed by atoms with Crippen molar-refractivity contribution in [3.05, 3.63) is 65.5 Å². The van der Waals surface area contributed by atoms with E-state index in [0.717, 1.165) is 17.0 Å². The summed E-state index contributed by atoms with van der Waals surface area (Å²) in [5.74, 6) is -2.31. The summed E-state index contributed by atoms with van der Waals surface area (Å²) >= 11 is 0. The SMILES string of the molecule is CCOC(=O)COc1ccc(/C=C2\C(=O)NC(=O)N(c3ccc(F)cc3)C2=O)cc1. The van der Waals surface area contributed by atoms with Gasteiger partial charge in [0.25, 0.3) is 11.8 Å².